The molecule has 0 saturated heterocycles. The predicted octanol–water partition coefficient (Wildman–Crippen LogP) is 3.85. The van der Waals surface area contributed by atoms with Crippen LogP contribution in [0.25, 0.3) is 11.0 Å². The summed E-state index contributed by atoms with van der Waals surface area (Å²) in [6, 6.07) is 5.25. The highest BCUT2D eigenvalue weighted by atomic mass is 79.9. The molecule has 1 saturated carbocycles. The van der Waals surface area contributed by atoms with Crippen molar-refractivity contribution in [1.29, 1.82) is 0 Å². The van der Waals surface area contributed by atoms with Crippen LogP contribution in [-0.2, 0) is 0 Å². The molecule has 0 aliphatic heterocycles. The Hall–Kier alpha value is -1.10. The third-order valence-electron chi connectivity index (χ3n) is 3.79. The van der Waals surface area contributed by atoms with Gasteiger partial charge in [0, 0.05) is 17.9 Å². The SMILES string of the molecule is Fc1ccc2nc(N(CCBr)C3CCCC3)[nH]c2c1. The predicted molar refractivity (Wildman–Crippen MR) is 79.4 cm³/mol. The van der Waals surface area contributed by atoms with Gasteiger partial charge in [0.2, 0.25) is 5.95 Å². The van der Waals surface area contributed by atoms with Crippen molar-refractivity contribution in [2.45, 2.75) is 31.7 Å². The van der Waals surface area contributed by atoms with Crippen LogP contribution in [0.15, 0.2) is 18.2 Å². The Kier molecular flexibility index (Phi) is 3.73. The van der Waals surface area contributed by atoms with Crippen molar-refractivity contribution >= 4 is 32.9 Å². The van der Waals surface area contributed by atoms with Crippen LogP contribution >= 0.6 is 15.9 Å². The number of anilines is 1. The first-order valence-electron chi connectivity index (χ1n) is 6.76. The molecule has 1 aliphatic rings. The Morgan fingerprint density at radius 3 is 2.89 bits per heavy atom. The smallest absolute Gasteiger partial charge is 0.204 e. The number of alkyl halides is 1. The van der Waals surface area contributed by atoms with E-state index in [1.54, 1.807) is 6.07 Å². The van der Waals surface area contributed by atoms with Crippen molar-refractivity contribution in [3.8, 4) is 0 Å². The average molecular weight is 326 g/mol. The zero-order valence-corrected chi connectivity index (χ0v) is 12.3. The molecule has 102 valence electrons. The van der Waals surface area contributed by atoms with E-state index in [0.29, 0.717) is 6.04 Å². The number of hydrogen-bond acceptors (Lipinski definition) is 2. The second kappa shape index (κ2) is 5.49. The summed E-state index contributed by atoms with van der Waals surface area (Å²) < 4.78 is 13.2. The number of fused-ring (bicyclic) bond motifs is 1. The Labute approximate surface area is 120 Å². The van der Waals surface area contributed by atoms with Gasteiger partial charge in [0.05, 0.1) is 11.0 Å². The molecule has 5 heteroatoms. The number of halogens is 2. The Bertz CT molecular complexity index is 563. The van der Waals surface area contributed by atoms with Crippen LogP contribution in [-0.4, -0.2) is 27.9 Å². The molecule has 0 amide bonds. The molecule has 1 heterocycles. The number of nitrogens with zero attached hydrogens (tertiary/aromatic N) is 2. The molecular weight excluding hydrogens is 309 g/mol. The fourth-order valence-corrected chi connectivity index (χ4v) is 3.25. The van der Waals surface area contributed by atoms with Crippen LogP contribution < -0.4 is 4.90 Å². The third-order valence-corrected chi connectivity index (χ3v) is 4.15. The van der Waals surface area contributed by atoms with Crippen molar-refractivity contribution in [3.05, 3.63) is 24.0 Å². The van der Waals surface area contributed by atoms with Gasteiger partial charge in [-0.05, 0) is 31.0 Å². The van der Waals surface area contributed by atoms with Crippen molar-refractivity contribution in [3.63, 3.8) is 0 Å². The maximum absolute atomic E-state index is 13.2. The summed E-state index contributed by atoms with van der Waals surface area (Å²) in [5.74, 6) is 0.641. The second-order valence-corrected chi connectivity index (χ2v) is 5.84. The lowest BCUT2D eigenvalue weighted by Gasteiger charge is -2.27. The highest BCUT2D eigenvalue weighted by molar-refractivity contribution is 9.09. The summed E-state index contributed by atoms with van der Waals surface area (Å²) in [4.78, 5) is 10.2. The molecule has 0 atom stereocenters. The molecule has 1 fully saturated rings. The van der Waals surface area contributed by atoms with E-state index in [0.717, 1.165) is 28.9 Å². The van der Waals surface area contributed by atoms with Gasteiger partial charge in [-0.25, -0.2) is 9.37 Å². The molecule has 3 nitrogen and oxygen atoms in total. The van der Waals surface area contributed by atoms with Crippen molar-refractivity contribution in [2.24, 2.45) is 0 Å². The maximum Gasteiger partial charge on any atom is 0.204 e. The van der Waals surface area contributed by atoms with Crippen molar-refractivity contribution in [1.82, 2.24) is 9.97 Å². The summed E-state index contributed by atoms with van der Waals surface area (Å²) in [5, 5.41) is 0.912. The minimum atomic E-state index is -0.226. The van der Waals surface area contributed by atoms with E-state index in [1.165, 1.54) is 37.8 Å². The molecule has 0 unspecified atom stereocenters. The molecule has 0 spiro atoms. The fraction of sp³-hybridized carbons (Fsp3) is 0.500. The van der Waals surface area contributed by atoms with Crippen LogP contribution in [0, 0.1) is 5.82 Å². The van der Waals surface area contributed by atoms with Crippen LogP contribution in [0.5, 0.6) is 0 Å². The first kappa shape index (κ1) is 12.9. The standard InChI is InChI=1S/C14H17BrFN3/c15-7-8-19(11-3-1-2-4-11)14-17-12-6-5-10(16)9-13(12)18-14/h5-6,9,11H,1-4,7-8H2,(H,17,18). The summed E-state index contributed by atoms with van der Waals surface area (Å²) in [7, 11) is 0. The van der Waals surface area contributed by atoms with Crippen molar-refractivity contribution < 1.29 is 4.39 Å². The lowest BCUT2D eigenvalue weighted by molar-refractivity contribution is 0.611. The minimum absolute atomic E-state index is 0.226. The van der Waals surface area contributed by atoms with Gasteiger partial charge in [-0.15, -0.1) is 0 Å². The zero-order chi connectivity index (χ0) is 13.2. The maximum atomic E-state index is 13.2. The average Bonchev–Trinajstić information content (AvgIpc) is 3.04. The normalized spacial score (nSPS) is 16.3. The lowest BCUT2D eigenvalue weighted by Crippen LogP contribution is -2.35. The van der Waals surface area contributed by atoms with Gasteiger partial charge in [0.15, 0.2) is 0 Å². The number of benzene rings is 1. The van der Waals surface area contributed by atoms with Crippen LogP contribution in [0.2, 0.25) is 0 Å². The van der Waals surface area contributed by atoms with Gasteiger partial charge in [0.1, 0.15) is 5.82 Å². The van der Waals surface area contributed by atoms with Gasteiger partial charge < -0.3 is 9.88 Å². The number of H-pyrrole nitrogens is 1. The van der Waals surface area contributed by atoms with Gasteiger partial charge in [-0.1, -0.05) is 28.8 Å². The Morgan fingerprint density at radius 2 is 2.16 bits per heavy atom. The summed E-state index contributed by atoms with van der Waals surface area (Å²) >= 11 is 3.51. The number of imidazole rings is 1. The monoisotopic (exact) mass is 325 g/mol. The van der Waals surface area contributed by atoms with E-state index in [4.69, 9.17) is 0 Å². The minimum Gasteiger partial charge on any atom is -0.339 e. The molecular formula is C14H17BrFN3. The number of hydrogen-bond donors (Lipinski definition) is 1. The quantitative estimate of drug-likeness (QED) is 0.866. The van der Waals surface area contributed by atoms with Crippen LogP contribution in [0.4, 0.5) is 10.3 Å². The molecule has 1 aliphatic carbocycles. The van der Waals surface area contributed by atoms with Gasteiger partial charge in [-0.3, -0.25) is 0 Å². The van der Waals surface area contributed by atoms with Crippen LogP contribution in [0.1, 0.15) is 25.7 Å². The van der Waals surface area contributed by atoms with E-state index >= 15 is 0 Å². The van der Waals surface area contributed by atoms with Gasteiger partial charge >= 0.3 is 0 Å². The second-order valence-electron chi connectivity index (χ2n) is 5.04. The molecule has 3 rings (SSSR count). The molecule has 1 N–H and O–H groups in total. The number of rotatable bonds is 4. The number of aromatic amines is 1. The molecule has 1 aromatic carbocycles. The number of aromatic nitrogens is 2. The largest absolute Gasteiger partial charge is 0.339 e. The van der Waals surface area contributed by atoms with E-state index in [-0.39, 0.29) is 5.82 Å². The fourth-order valence-electron chi connectivity index (χ4n) is 2.87. The number of nitrogens with one attached hydrogen (secondary N) is 1. The topological polar surface area (TPSA) is 31.9 Å². The molecule has 1 aromatic heterocycles. The molecule has 2 aromatic rings. The molecule has 0 radical (unpaired) electrons. The summed E-state index contributed by atoms with van der Waals surface area (Å²) in [6.45, 7) is 0.924. The van der Waals surface area contributed by atoms with Gasteiger partial charge in [0.25, 0.3) is 0 Å². The molecule has 19 heavy (non-hydrogen) atoms. The summed E-state index contributed by atoms with van der Waals surface area (Å²) in [6.07, 6.45) is 5.02. The third kappa shape index (κ3) is 2.61. The summed E-state index contributed by atoms with van der Waals surface area (Å²) in [5.41, 5.74) is 1.60. The van der Waals surface area contributed by atoms with E-state index in [9.17, 15) is 4.39 Å². The first-order valence-corrected chi connectivity index (χ1v) is 7.88. The Morgan fingerprint density at radius 1 is 1.37 bits per heavy atom. The molecule has 0 bridgehead atoms. The zero-order valence-electron chi connectivity index (χ0n) is 10.7. The van der Waals surface area contributed by atoms with E-state index in [1.807, 2.05) is 0 Å². The van der Waals surface area contributed by atoms with E-state index < -0.39 is 0 Å². The van der Waals surface area contributed by atoms with Crippen molar-refractivity contribution in [2.75, 3.05) is 16.8 Å². The highest BCUT2D eigenvalue weighted by Gasteiger charge is 2.24. The first-order chi connectivity index (χ1) is 9.28. The Balaban J connectivity index is 1.94. The highest BCUT2D eigenvalue weighted by Crippen LogP contribution is 2.28. The van der Waals surface area contributed by atoms with Crippen LogP contribution in [0.3, 0.4) is 0 Å². The van der Waals surface area contributed by atoms with Gasteiger partial charge in [-0.2, -0.15) is 0 Å². The van der Waals surface area contributed by atoms with E-state index in [2.05, 4.69) is 30.8 Å². The lowest BCUT2D eigenvalue weighted by atomic mass is 10.2.